The summed E-state index contributed by atoms with van der Waals surface area (Å²) in [7, 11) is 0. The van der Waals surface area contributed by atoms with Crippen LogP contribution in [0.4, 0.5) is 0 Å². The number of carbonyl (C=O) groups is 6. The van der Waals surface area contributed by atoms with Gasteiger partial charge in [-0.3, -0.25) is 19.7 Å². The van der Waals surface area contributed by atoms with E-state index in [-0.39, 0.29) is 61.1 Å². The number of aliphatic carboxylic acids is 6. The molecule has 6 N–H and O–H groups in total. The summed E-state index contributed by atoms with van der Waals surface area (Å²) in [4.78, 5) is 75.9. The smallest absolute Gasteiger partial charge is 0.550 e. The van der Waals surface area contributed by atoms with Crippen LogP contribution in [0.15, 0.2) is 60.7 Å². The average molecular weight is 1050 g/mol. The summed E-state index contributed by atoms with van der Waals surface area (Å²) in [5.41, 5.74) is 1.38. The van der Waals surface area contributed by atoms with Crippen molar-refractivity contribution in [3.63, 3.8) is 0 Å². The normalized spacial score (nSPS) is 14.4. The van der Waals surface area contributed by atoms with E-state index in [4.69, 9.17) is 29.9 Å². The fourth-order valence-corrected chi connectivity index (χ4v) is 5.87. The van der Waals surface area contributed by atoms with E-state index in [1.54, 1.807) is 60.7 Å². The first-order chi connectivity index (χ1) is 29.8. The second-order valence-electron chi connectivity index (χ2n) is 13.9. The number of ether oxygens (including phenoxy) is 2. The molecule has 2 aromatic carbocycles. The Morgan fingerprint density at radius 1 is 0.594 bits per heavy atom. The first kappa shape index (κ1) is 59.9. The van der Waals surface area contributed by atoms with Gasteiger partial charge in [0.1, 0.15) is 31.1 Å². The van der Waals surface area contributed by atoms with E-state index in [0.717, 1.165) is 14.7 Å². The number of benzene rings is 2. The molecule has 0 aliphatic carbocycles. The van der Waals surface area contributed by atoms with Gasteiger partial charge in [-0.15, -0.1) is 0 Å². The van der Waals surface area contributed by atoms with E-state index in [1.807, 2.05) is 0 Å². The molecule has 0 amide bonds. The van der Waals surface area contributed by atoms with E-state index in [9.17, 15) is 64.5 Å². The van der Waals surface area contributed by atoms with Gasteiger partial charge in [0.15, 0.2) is 6.54 Å². The van der Waals surface area contributed by atoms with Gasteiger partial charge in [0.25, 0.3) is 0 Å². The van der Waals surface area contributed by atoms with Crippen molar-refractivity contribution < 1.29 is 141 Å². The number of carboxylic acids is 6. The monoisotopic (exact) mass is 1050 g/mol. The summed E-state index contributed by atoms with van der Waals surface area (Å²) in [6.07, 6.45) is -7.14. The molecule has 1 radical (unpaired) electrons. The molecule has 0 aromatic heterocycles. The Kier molecular flexibility index (Phi) is 31.2. The van der Waals surface area contributed by atoms with Crippen molar-refractivity contribution in [1.82, 2.24) is 14.7 Å². The number of hydrogen-bond acceptors (Lipinski definition) is 22. The third-order valence-electron chi connectivity index (χ3n) is 9.23. The third-order valence-corrected chi connectivity index (χ3v) is 9.23. The molecule has 0 spiro atoms. The fourth-order valence-electron chi connectivity index (χ4n) is 5.87. The van der Waals surface area contributed by atoms with Crippen molar-refractivity contribution in [1.29, 1.82) is 0 Å². The largest absolute Gasteiger partial charge is 3.00 e. The third kappa shape index (κ3) is 24.2. The van der Waals surface area contributed by atoms with Crippen LogP contribution in [0.25, 0.3) is 0 Å². The van der Waals surface area contributed by atoms with Crippen molar-refractivity contribution in [3.05, 3.63) is 71.8 Å². The first-order valence-corrected chi connectivity index (χ1v) is 19.3. The van der Waals surface area contributed by atoms with Crippen LogP contribution in [0.2, 0.25) is 0 Å². The molecule has 0 heterocycles. The molecule has 0 aliphatic heterocycles. The Hall–Kier alpha value is -4.15. The molecule has 0 fully saturated rings. The number of aliphatic hydroxyl groups is 5. The molecule has 24 heteroatoms. The molecular weight excluding hydrogens is 998 g/mol. The molecule has 359 valence electrons. The molecular formula is C40H55GdN4O19-2. The molecule has 4 unspecified atom stereocenters. The molecule has 2 aromatic rings. The summed E-state index contributed by atoms with van der Waals surface area (Å²) >= 11 is 0. The van der Waals surface area contributed by atoms with Gasteiger partial charge in [0.05, 0.1) is 75.0 Å². The van der Waals surface area contributed by atoms with Crippen LogP contribution in [0, 0.1) is 39.9 Å². The van der Waals surface area contributed by atoms with E-state index in [0.29, 0.717) is 11.1 Å². The van der Waals surface area contributed by atoms with Crippen LogP contribution in [-0.2, 0) is 51.5 Å². The Labute approximate surface area is 401 Å². The quantitative estimate of drug-likeness (QED) is 0.0362. The zero-order valence-electron chi connectivity index (χ0n) is 34.6. The molecule has 0 saturated heterocycles. The minimum absolute atomic E-state index is 0. The molecule has 23 nitrogen and oxygen atoms in total. The van der Waals surface area contributed by atoms with Crippen LogP contribution in [0.1, 0.15) is 25.4 Å². The summed E-state index contributed by atoms with van der Waals surface area (Å²) in [6, 6.07) is 12.2. The van der Waals surface area contributed by atoms with Gasteiger partial charge in [-0.2, -0.15) is 0 Å². The van der Waals surface area contributed by atoms with Crippen LogP contribution >= 0.6 is 0 Å². The van der Waals surface area contributed by atoms with Gasteiger partial charge in [-0.1, -0.05) is 60.7 Å². The van der Waals surface area contributed by atoms with Gasteiger partial charge in [-0.25, -0.2) is 0 Å². The standard InChI is InChI=1S/C33H43N3O14.C7H15NO5.Gd.H2/c37-28(38)12-11-25(31(43)44)34(13-15-35(17-29(39)40)26(32(45)46)21-49-19-23-7-3-1-4-8-23)14-16-36(18-30(41)42)27(33(47)48)22-50-20-24-9-5-2-6-10-24;1-8-2-4(10)6(12)7(13)5(11)3-9;;/h1-10,25-27H,11-22H2,(H,37,38)(H,39,40)(H,41,42)(H,43,44)(H,45,46)(H,47,48);4-7,9-13H,1-3H2;;1H/q;;+3;/p-5/t25-,26-,27+;;;/m1.../s1. The second kappa shape index (κ2) is 33.4. The van der Waals surface area contributed by atoms with E-state index in [2.05, 4.69) is 11.7 Å². The minimum atomic E-state index is -1.77. The Morgan fingerprint density at radius 2 is 0.969 bits per heavy atom. The Bertz CT molecular complexity index is 1620. The summed E-state index contributed by atoms with van der Waals surface area (Å²) < 4.78 is 11.0. The van der Waals surface area contributed by atoms with Crippen molar-refractivity contribution in [2.75, 3.05) is 65.6 Å². The van der Waals surface area contributed by atoms with Gasteiger partial charge >= 0.3 is 39.9 Å². The number of nitrogens with one attached hydrogen (secondary N) is 1. The van der Waals surface area contributed by atoms with Gasteiger partial charge in [-0.05, 0) is 24.0 Å². The number of rotatable bonds is 33. The Morgan fingerprint density at radius 3 is 1.30 bits per heavy atom. The van der Waals surface area contributed by atoms with Gasteiger partial charge < -0.3 is 94.4 Å². The average Bonchev–Trinajstić information content (AvgIpc) is 3.23. The molecule has 64 heavy (non-hydrogen) atoms. The molecule has 0 saturated carbocycles. The zero-order valence-corrected chi connectivity index (χ0v) is 36.8. The summed E-state index contributed by atoms with van der Waals surface area (Å²) in [5, 5.41) is 115. The predicted octanol–water partition coefficient (Wildman–Crippen LogP) is -11.8. The molecule has 2 rings (SSSR count). The van der Waals surface area contributed by atoms with Crippen LogP contribution in [0.5, 0.6) is 0 Å². The van der Waals surface area contributed by atoms with Crippen molar-refractivity contribution >= 4 is 42.5 Å². The predicted molar refractivity (Wildman–Crippen MR) is 204 cm³/mol. The topological polar surface area (TPSA) is 384 Å². The minimum Gasteiger partial charge on any atom is -0.550 e. The summed E-state index contributed by atoms with van der Waals surface area (Å²) in [6.45, 7) is -2.44. The number of nitrogens with zero attached hydrogens (tertiary/aromatic N) is 3. The van der Waals surface area contributed by atoms with Crippen LogP contribution in [-0.4, -0.2) is 191 Å². The second-order valence-corrected chi connectivity index (χ2v) is 13.9. The maximum absolute atomic E-state index is 12.2. The van der Waals surface area contributed by atoms with Crippen molar-refractivity contribution in [3.8, 4) is 0 Å². The van der Waals surface area contributed by atoms with Crippen molar-refractivity contribution in [2.45, 2.75) is 68.6 Å². The van der Waals surface area contributed by atoms with E-state index in [1.165, 1.54) is 0 Å². The van der Waals surface area contributed by atoms with Crippen LogP contribution in [0.3, 0.4) is 0 Å². The maximum Gasteiger partial charge on any atom is 3.00 e. The van der Waals surface area contributed by atoms with Gasteiger partial charge in [0.2, 0.25) is 0 Å². The number of hydrogen-bond donors (Lipinski definition) is 6. The number of carbonyl (C=O) groups excluding carboxylic acids is 6. The molecule has 0 aliphatic rings. The van der Waals surface area contributed by atoms with E-state index < -0.39 is 150 Å². The summed E-state index contributed by atoms with van der Waals surface area (Å²) in [5.74, 6) is -10.2. The van der Waals surface area contributed by atoms with Crippen molar-refractivity contribution in [2.24, 2.45) is 0 Å². The molecule has 7 atom stereocenters. The fraction of sp³-hybridized carbons (Fsp3) is 0.525. The van der Waals surface area contributed by atoms with Gasteiger partial charge in [0, 0.05) is 52.7 Å². The number of aliphatic hydroxyl groups excluding tert-OH is 5. The Balaban J connectivity index is 0. The molecule has 0 bridgehead atoms. The zero-order chi connectivity index (χ0) is 47.5. The van der Waals surface area contributed by atoms with E-state index >= 15 is 0 Å². The first-order valence-electron chi connectivity index (χ1n) is 19.3. The van der Waals surface area contributed by atoms with Crippen LogP contribution < -0.4 is 35.6 Å². The SMILES string of the molecule is C=[NH+]CC(O)C(O)C(O)C(O)CO.O=C([O-])CC[C@H](C(=O)[O-])N(CCN(CC(=O)[O-])[C@H](COCc1ccccc1)C(=O)[O-])CCN(CC(=O)[O-])[C@@H](COCc1ccccc1)C(=O)[O-].[Gd+3].[HH]. The number of carboxylic acid groups (broad SMARTS) is 6. The maximum atomic E-state index is 12.2.